The number of pyridine rings is 1. The van der Waals surface area contributed by atoms with E-state index in [1.54, 1.807) is 12.5 Å². The first-order chi connectivity index (χ1) is 9.79. The SMILES string of the molecule is CC(Nc1c(C#N)cnc2ccccc12)c1ccco1. The average Bonchev–Trinajstić information content (AvgIpc) is 3.02. The molecule has 0 aliphatic heterocycles. The molecule has 0 spiro atoms. The van der Waals surface area contributed by atoms with E-state index >= 15 is 0 Å². The standard InChI is InChI=1S/C16H13N3O/c1-11(15-7-4-8-20-15)19-16-12(9-17)10-18-14-6-3-2-5-13(14)16/h2-8,10-11H,1H3,(H,18,19). The summed E-state index contributed by atoms with van der Waals surface area (Å²) in [5.74, 6) is 0.829. The van der Waals surface area contributed by atoms with Gasteiger partial charge in [-0.2, -0.15) is 5.26 Å². The van der Waals surface area contributed by atoms with E-state index in [2.05, 4.69) is 16.4 Å². The van der Waals surface area contributed by atoms with Gasteiger partial charge in [0.15, 0.2) is 0 Å². The number of benzene rings is 1. The Hall–Kier alpha value is -2.80. The summed E-state index contributed by atoms with van der Waals surface area (Å²) in [6.07, 6.45) is 3.24. The maximum atomic E-state index is 9.27. The Morgan fingerprint density at radius 1 is 1.25 bits per heavy atom. The van der Waals surface area contributed by atoms with Crippen molar-refractivity contribution in [1.82, 2.24) is 4.98 Å². The molecule has 0 fully saturated rings. The molecule has 0 saturated heterocycles. The number of aromatic nitrogens is 1. The third-order valence-corrected chi connectivity index (χ3v) is 3.23. The van der Waals surface area contributed by atoms with Gasteiger partial charge in [0.1, 0.15) is 11.8 Å². The van der Waals surface area contributed by atoms with Crippen LogP contribution in [0.15, 0.2) is 53.3 Å². The number of anilines is 1. The Labute approximate surface area is 116 Å². The molecule has 0 radical (unpaired) electrons. The normalized spacial score (nSPS) is 12.0. The second-order valence-electron chi connectivity index (χ2n) is 4.56. The van der Waals surface area contributed by atoms with Crippen LogP contribution in [0, 0.1) is 11.3 Å². The summed E-state index contributed by atoms with van der Waals surface area (Å²) in [5, 5.41) is 13.6. The minimum atomic E-state index is -0.0251. The van der Waals surface area contributed by atoms with E-state index in [0.29, 0.717) is 5.56 Å². The number of nitrogens with one attached hydrogen (secondary N) is 1. The average molecular weight is 263 g/mol. The maximum Gasteiger partial charge on any atom is 0.125 e. The van der Waals surface area contributed by atoms with Crippen LogP contribution >= 0.6 is 0 Å². The van der Waals surface area contributed by atoms with E-state index in [1.165, 1.54) is 0 Å². The fraction of sp³-hybridized carbons (Fsp3) is 0.125. The molecule has 1 unspecified atom stereocenters. The van der Waals surface area contributed by atoms with Crippen LogP contribution in [0.4, 0.5) is 5.69 Å². The maximum absolute atomic E-state index is 9.27. The van der Waals surface area contributed by atoms with E-state index in [9.17, 15) is 5.26 Å². The molecule has 0 aliphatic carbocycles. The molecule has 0 amide bonds. The third-order valence-electron chi connectivity index (χ3n) is 3.23. The number of fused-ring (bicyclic) bond motifs is 1. The van der Waals surface area contributed by atoms with Crippen molar-refractivity contribution in [2.24, 2.45) is 0 Å². The van der Waals surface area contributed by atoms with Crippen LogP contribution in [0.5, 0.6) is 0 Å². The Balaban J connectivity index is 2.07. The second kappa shape index (κ2) is 5.06. The fourth-order valence-electron chi connectivity index (χ4n) is 2.21. The first-order valence-electron chi connectivity index (χ1n) is 6.37. The molecule has 0 aliphatic rings. The fourth-order valence-corrected chi connectivity index (χ4v) is 2.21. The second-order valence-corrected chi connectivity index (χ2v) is 4.56. The molecule has 1 atom stereocenters. The van der Waals surface area contributed by atoms with Gasteiger partial charge in [0, 0.05) is 11.6 Å². The van der Waals surface area contributed by atoms with Crippen LogP contribution in [0.2, 0.25) is 0 Å². The molecule has 2 aromatic heterocycles. The first kappa shape index (κ1) is 12.2. The lowest BCUT2D eigenvalue weighted by molar-refractivity contribution is 0.490. The molecule has 4 heteroatoms. The monoisotopic (exact) mass is 263 g/mol. The van der Waals surface area contributed by atoms with Crippen molar-refractivity contribution in [3.05, 3.63) is 60.2 Å². The number of nitrogens with zero attached hydrogens (tertiary/aromatic N) is 2. The lowest BCUT2D eigenvalue weighted by Crippen LogP contribution is -2.08. The molecule has 98 valence electrons. The van der Waals surface area contributed by atoms with Crippen molar-refractivity contribution < 1.29 is 4.42 Å². The Bertz CT molecular complexity index is 772. The van der Waals surface area contributed by atoms with Gasteiger partial charge in [-0.15, -0.1) is 0 Å². The summed E-state index contributed by atoms with van der Waals surface area (Å²) >= 11 is 0. The minimum Gasteiger partial charge on any atom is -0.467 e. The molecule has 3 aromatic rings. The van der Waals surface area contributed by atoms with Crippen molar-refractivity contribution >= 4 is 16.6 Å². The third kappa shape index (κ3) is 2.10. The summed E-state index contributed by atoms with van der Waals surface area (Å²) in [6.45, 7) is 2.00. The van der Waals surface area contributed by atoms with Crippen LogP contribution in [0.1, 0.15) is 24.3 Å². The van der Waals surface area contributed by atoms with Gasteiger partial charge in [-0.1, -0.05) is 18.2 Å². The van der Waals surface area contributed by atoms with Gasteiger partial charge >= 0.3 is 0 Å². The van der Waals surface area contributed by atoms with Gasteiger partial charge in [-0.3, -0.25) is 4.98 Å². The lowest BCUT2D eigenvalue weighted by Gasteiger charge is -2.16. The molecule has 0 saturated carbocycles. The number of rotatable bonds is 3. The predicted octanol–water partition coefficient (Wildman–Crippen LogP) is 3.87. The quantitative estimate of drug-likeness (QED) is 0.779. The highest BCUT2D eigenvalue weighted by molar-refractivity contribution is 5.93. The van der Waals surface area contributed by atoms with Crippen LogP contribution in [-0.4, -0.2) is 4.98 Å². The van der Waals surface area contributed by atoms with Crippen molar-refractivity contribution in [3.8, 4) is 6.07 Å². The zero-order valence-electron chi connectivity index (χ0n) is 11.0. The summed E-state index contributed by atoms with van der Waals surface area (Å²) in [5.41, 5.74) is 2.18. The van der Waals surface area contributed by atoms with E-state index in [4.69, 9.17) is 4.42 Å². The molecule has 1 aromatic carbocycles. The molecular weight excluding hydrogens is 250 g/mol. The van der Waals surface area contributed by atoms with Crippen molar-refractivity contribution in [2.75, 3.05) is 5.32 Å². The van der Waals surface area contributed by atoms with Crippen LogP contribution < -0.4 is 5.32 Å². The van der Waals surface area contributed by atoms with Crippen LogP contribution in [0.3, 0.4) is 0 Å². The van der Waals surface area contributed by atoms with E-state index in [-0.39, 0.29) is 6.04 Å². The molecular formula is C16H13N3O. The lowest BCUT2D eigenvalue weighted by atomic mass is 10.1. The van der Waals surface area contributed by atoms with Gasteiger partial charge in [-0.25, -0.2) is 0 Å². The molecule has 20 heavy (non-hydrogen) atoms. The molecule has 0 bridgehead atoms. The van der Waals surface area contributed by atoms with Gasteiger partial charge in [0.2, 0.25) is 0 Å². The summed E-state index contributed by atoms with van der Waals surface area (Å²) in [7, 11) is 0. The molecule has 2 heterocycles. The number of hydrogen-bond donors (Lipinski definition) is 1. The number of furan rings is 1. The molecule has 3 rings (SSSR count). The zero-order valence-corrected chi connectivity index (χ0v) is 11.0. The van der Waals surface area contributed by atoms with E-state index in [1.807, 2.05) is 43.3 Å². The highest BCUT2D eigenvalue weighted by Crippen LogP contribution is 2.29. The van der Waals surface area contributed by atoms with Gasteiger partial charge < -0.3 is 9.73 Å². The first-order valence-corrected chi connectivity index (χ1v) is 6.37. The topological polar surface area (TPSA) is 61.9 Å². The van der Waals surface area contributed by atoms with Crippen molar-refractivity contribution in [2.45, 2.75) is 13.0 Å². The largest absolute Gasteiger partial charge is 0.467 e. The Kier molecular flexibility index (Phi) is 3.10. The Morgan fingerprint density at radius 3 is 2.85 bits per heavy atom. The number of hydrogen-bond acceptors (Lipinski definition) is 4. The van der Waals surface area contributed by atoms with Gasteiger partial charge in [-0.05, 0) is 25.1 Å². The van der Waals surface area contributed by atoms with Crippen LogP contribution in [0.25, 0.3) is 10.9 Å². The number of para-hydroxylation sites is 1. The highest BCUT2D eigenvalue weighted by atomic mass is 16.3. The Morgan fingerprint density at radius 2 is 2.10 bits per heavy atom. The van der Waals surface area contributed by atoms with E-state index in [0.717, 1.165) is 22.4 Å². The van der Waals surface area contributed by atoms with Crippen molar-refractivity contribution in [1.29, 1.82) is 5.26 Å². The number of nitriles is 1. The summed E-state index contributed by atoms with van der Waals surface area (Å²) in [4.78, 5) is 4.30. The van der Waals surface area contributed by atoms with Gasteiger partial charge in [0.05, 0.1) is 29.1 Å². The molecule has 4 nitrogen and oxygen atoms in total. The summed E-state index contributed by atoms with van der Waals surface area (Å²) in [6, 6.07) is 13.7. The van der Waals surface area contributed by atoms with E-state index < -0.39 is 0 Å². The zero-order chi connectivity index (χ0) is 13.9. The molecule has 1 N–H and O–H groups in total. The highest BCUT2D eigenvalue weighted by Gasteiger charge is 2.13. The van der Waals surface area contributed by atoms with Crippen LogP contribution in [-0.2, 0) is 0 Å². The predicted molar refractivity (Wildman–Crippen MR) is 77.2 cm³/mol. The summed E-state index contributed by atoms with van der Waals surface area (Å²) < 4.78 is 5.39. The smallest absolute Gasteiger partial charge is 0.125 e. The van der Waals surface area contributed by atoms with Crippen molar-refractivity contribution in [3.63, 3.8) is 0 Å². The minimum absolute atomic E-state index is 0.0251. The van der Waals surface area contributed by atoms with Gasteiger partial charge in [0.25, 0.3) is 0 Å².